The molecule has 3 fully saturated rings. The molecule has 5 rings (SSSR count). The van der Waals surface area contributed by atoms with Gasteiger partial charge in [-0.05, 0) is 56.1 Å². The number of Topliss-reactive ketones (excluding diaryl/α,β-unsaturated/α-hetero) is 1. The van der Waals surface area contributed by atoms with Crippen molar-refractivity contribution in [2.24, 2.45) is 5.92 Å². The van der Waals surface area contributed by atoms with Gasteiger partial charge in [0.25, 0.3) is 5.91 Å². The van der Waals surface area contributed by atoms with Gasteiger partial charge in [0.1, 0.15) is 12.1 Å². The van der Waals surface area contributed by atoms with Crippen LogP contribution in [0.15, 0.2) is 53.7 Å². The van der Waals surface area contributed by atoms with Crippen molar-refractivity contribution in [3.8, 4) is 0 Å². The number of nitrogens with one attached hydrogen (secondary N) is 1. The van der Waals surface area contributed by atoms with Crippen LogP contribution in [0, 0.1) is 11.1 Å². The van der Waals surface area contributed by atoms with Gasteiger partial charge in [-0.1, -0.05) is 13.8 Å². The van der Waals surface area contributed by atoms with E-state index in [1.807, 2.05) is 26.0 Å². The first-order chi connectivity index (χ1) is 20.0. The van der Waals surface area contributed by atoms with Gasteiger partial charge in [-0.3, -0.25) is 14.4 Å². The third kappa shape index (κ3) is 5.86. The monoisotopic (exact) mass is 598 g/mol. The molecule has 1 aromatic carbocycles. The summed E-state index contributed by atoms with van der Waals surface area (Å²) >= 11 is 0. The Morgan fingerprint density at radius 1 is 1.05 bits per heavy atom. The Morgan fingerprint density at radius 2 is 1.74 bits per heavy atom. The van der Waals surface area contributed by atoms with Crippen molar-refractivity contribution in [1.29, 1.82) is 0 Å². The van der Waals surface area contributed by atoms with E-state index in [-0.39, 0.29) is 29.5 Å². The van der Waals surface area contributed by atoms with E-state index in [2.05, 4.69) is 22.2 Å². The van der Waals surface area contributed by atoms with Gasteiger partial charge in [0.15, 0.2) is 12.0 Å². The number of sulfonamides is 1. The number of nitrogens with zero attached hydrogens (tertiary/aromatic N) is 5. The van der Waals surface area contributed by atoms with Crippen LogP contribution in [-0.2, 0) is 19.6 Å². The van der Waals surface area contributed by atoms with E-state index in [1.54, 1.807) is 12.1 Å². The number of rotatable bonds is 8. The van der Waals surface area contributed by atoms with E-state index in [1.165, 1.54) is 23.1 Å². The molecule has 12 nitrogen and oxygen atoms in total. The third-order valence-electron chi connectivity index (χ3n) is 8.33. The number of carbonyl (C=O) groups is 3. The maximum Gasteiger partial charge on any atom is 0.323 e. The maximum atomic E-state index is 13.8. The summed E-state index contributed by atoms with van der Waals surface area (Å²) < 4.78 is 28.0. The number of carbonyl (C=O) groups excluding carboxylic acids is 3. The van der Waals surface area contributed by atoms with Crippen LogP contribution in [0.4, 0.5) is 5.69 Å². The molecule has 3 aliphatic rings. The Morgan fingerprint density at radius 3 is 2.38 bits per heavy atom. The van der Waals surface area contributed by atoms with Crippen LogP contribution in [0.5, 0.6) is 0 Å². The second kappa shape index (κ2) is 12.0. The molecule has 3 unspecified atom stereocenters. The summed E-state index contributed by atoms with van der Waals surface area (Å²) in [6.45, 7) is 7.39. The standard InChI is InChI=1S/C29H38N6O6S/c1-20(2)18-23(30-28(37)21-7-9-22(10-8-21)32-16-14-31(3)15-17-32)29(38)33-13-11-24-27(33)25(36)19-35(24)42(40,41)26-6-4-5-12-34(26)39/h4-10,12,20,23-24,27H,11,13-19H2,1-3H3,(H,30,37). The summed E-state index contributed by atoms with van der Waals surface area (Å²) in [6.07, 6.45) is 1.70. The number of pyridine rings is 1. The minimum atomic E-state index is -4.27. The average Bonchev–Trinajstić information content (AvgIpc) is 3.54. The summed E-state index contributed by atoms with van der Waals surface area (Å²) in [6, 6.07) is 8.76. The van der Waals surface area contributed by atoms with E-state index in [4.69, 9.17) is 0 Å². The smallest absolute Gasteiger partial charge is 0.323 e. The Bertz CT molecular complexity index is 1440. The average molecular weight is 599 g/mol. The third-order valence-corrected chi connectivity index (χ3v) is 10.2. The first-order valence-corrected chi connectivity index (χ1v) is 15.8. The number of likely N-dealkylation sites (tertiary alicyclic amines) is 1. The molecule has 226 valence electrons. The van der Waals surface area contributed by atoms with Gasteiger partial charge in [-0.15, -0.1) is 0 Å². The number of aromatic nitrogens is 1. The summed E-state index contributed by atoms with van der Waals surface area (Å²) in [4.78, 5) is 46.2. The van der Waals surface area contributed by atoms with Crippen LogP contribution < -0.4 is 14.9 Å². The largest absolute Gasteiger partial charge is 0.618 e. The van der Waals surface area contributed by atoms with Crippen molar-refractivity contribution in [2.45, 2.75) is 49.8 Å². The van der Waals surface area contributed by atoms with E-state index >= 15 is 0 Å². The topological polar surface area (TPSA) is 137 Å². The molecule has 42 heavy (non-hydrogen) atoms. The number of ketones is 1. The quantitative estimate of drug-likeness (QED) is 0.342. The second-order valence-electron chi connectivity index (χ2n) is 11.7. The molecule has 0 bridgehead atoms. The first kappa shape index (κ1) is 29.9. The number of likely N-dealkylation sites (N-methyl/N-ethyl adjacent to an activating group) is 1. The summed E-state index contributed by atoms with van der Waals surface area (Å²) in [7, 11) is -2.17. The van der Waals surface area contributed by atoms with Crippen molar-refractivity contribution in [3.05, 3.63) is 59.4 Å². The highest BCUT2D eigenvalue weighted by atomic mass is 32.2. The van der Waals surface area contributed by atoms with Crippen molar-refractivity contribution >= 4 is 33.3 Å². The number of hydrogen-bond donors (Lipinski definition) is 1. The minimum absolute atomic E-state index is 0.0685. The maximum absolute atomic E-state index is 13.8. The molecular formula is C29H38N6O6S. The van der Waals surface area contributed by atoms with Crippen LogP contribution in [0.25, 0.3) is 0 Å². The van der Waals surface area contributed by atoms with Gasteiger partial charge in [-0.25, -0.2) is 8.42 Å². The van der Waals surface area contributed by atoms with Crippen LogP contribution >= 0.6 is 0 Å². The van der Waals surface area contributed by atoms with Gasteiger partial charge < -0.3 is 25.2 Å². The SMILES string of the molecule is CC(C)CC(NC(=O)c1ccc(N2CCN(C)CC2)cc1)C(=O)N1CCC2C1C(=O)CN2S(=O)(=O)c1cccc[n+]1[O-]. The Hall–Kier alpha value is -3.55. The van der Waals surface area contributed by atoms with Crippen LogP contribution in [0.3, 0.4) is 0 Å². The number of amides is 2. The van der Waals surface area contributed by atoms with E-state index < -0.39 is 51.4 Å². The number of hydrogen-bond acceptors (Lipinski definition) is 8. The van der Waals surface area contributed by atoms with Crippen LogP contribution in [-0.4, -0.2) is 105 Å². The Kier molecular flexibility index (Phi) is 8.53. The highest BCUT2D eigenvalue weighted by molar-refractivity contribution is 7.89. The summed E-state index contributed by atoms with van der Waals surface area (Å²) in [5, 5.41) is 14.6. The highest BCUT2D eigenvalue weighted by Crippen LogP contribution is 2.34. The fourth-order valence-electron chi connectivity index (χ4n) is 6.10. The lowest BCUT2D eigenvalue weighted by molar-refractivity contribution is -0.646. The zero-order valence-corrected chi connectivity index (χ0v) is 25.0. The van der Waals surface area contributed by atoms with Gasteiger partial charge in [-0.2, -0.15) is 9.04 Å². The molecule has 3 saturated heterocycles. The highest BCUT2D eigenvalue weighted by Gasteiger charge is 2.55. The molecule has 4 heterocycles. The number of piperazine rings is 1. The van der Waals surface area contributed by atoms with Crippen molar-refractivity contribution in [2.75, 3.05) is 51.2 Å². The molecule has 0 spiro atoms. The molecule has 2 aromatic rings. The van der Waals surface area contributed by atoms with E-state index in [9.17, 15) is 28.0 Å². The first-order valence-electron chi connectivity index (χ1n) is 14.3. The molecule has 0 saturated carbocycles. The molecule has 3 atom stereocenters. The number of fused-ring (bicyclic) bond motifs is 1. The molecule has 0 radical (unpaired) electrons. The molecule has 0 aliphatic carbocycles. The number of benzene rings is 1. The molecule has 3 aliphatic heterocycles. The lowest BCUT2D eigenvalue weighted by atomic mass is 10.0. The molecule has 1 aromatic heterocycles. The van der Waals surface area contributed by atoms with E-state index in [0.717, 1.165) is 42.4 Å². The zero-order valence-electron chi connectivity index (χ0n) is 24.2. The number of anilines is 1. The second-order valence-corrected chi connectivity index (χ2v) is 13.5. The van der Waals surface area contributed by atoms with Gasteiger partial charge in [0.05, 0.1) is 12.6 Å². The predicted octanol–water partition coefficient (Wildman–Crippen LogP) is 0.459. The Balaban J connectivity index is 1.30. The fourth-order valence-corrected chi connectivity index (χ4v) is 7.75. The van der Waals surface area contributed by atoms with Crippen molar-refractivity contribution in [3.63, 3.8) is 0 Å². The zero-order chi connectivity index (χ0) is 30.2. The van der Waals surface area contributed by atoms with Crippen LogP contribution in [0.2, 0.25) is 0 Å². The molecule has 13 heteroatoms. The van der Waals surface area contributed by atoms with Gasteiger partial charge in [0.2, 0.25) is 5.91 Å². The summed E-state index contributed by atoms with van der Waals surface area (Å²) in [5.74, 6) is -1.14. The fraction of sp³-hybridized carbons (Fsp3) is 0.517. The van der Waals surface area contributed by atoms with Gasteiger partial charge >= 0.3 is 15.0 Å². The van der Waals surface area contributed by atoms with Gasteiger partial charge in [0, 0.05) is 56.1 Å². The lowest BCUT2D eigenvalue weighted by Gasteiger charge is -2.34. The molecule has 2 amide bonds. The Labute approximate surface area is 246 Å². The van der Waals surface area contributed by atoms with Crippen LogP contribution in [0.1, 0.15) is 37.0 Å². The minimum Gasteiger partial charge on any atom is -0.618 e. The lowest BCUT2D eigenvalue weighted by Crippen LogP contribution is -2.53. The normalized spacial score (nSPS) is 22.4. The summed E-state index contributed by atoms with van der Waals surface area (Å²) in [5.41, 5.74) is 1.46. The van der Waals surface area contributed by atoms with Crippen molar-refractivity contribution < 1.29 is 27.5 Å². The molecular weight excluding hydrogens is 560 g/mol. The van der Waals surface area contributed by atoms with Crippen molar-refractivity contribution in [1.82, 2.24) is 19.4 Å². The molecule has 1 N–H and O–H groups in total. The predicted molar refractivity (Wildman–Crippen MR) is 155 cm³/mol. The van der Waals surface area contributed by atoms with E-state index in [0.29, 0.717) is 12.0 Å².